The van der Waals surface area contributed by atoms with Gasteiger partial charge in [0.15, 0.2) is 0 Å². The van der Waals surface area contributed by atoms with E-state index in [2.05, 4.69) is 15.3 Å². The Labute approximate surface area is 151 Å². The van der Waals surface area contributed by atoms with Gasteiger partial charge in [-0.05, 0) is 44.2 Å². The van der Waals surface area contributed by atoms with E-state index >= 15 is 0 Å². The summed E-state index contributed by atoms with van der Waals surface area (Å²) in [6, 6.07) is 17.1. The monoisotopic (exact) mass is 342 g/mol. The Hall–Kier alpha value is -3.47. The van der Waals surface area contributed by atoms with Gasteiger partial charge in [0.1, 0.15) is 0 Å². The van der Waals surface area contributed by atoms with E-state index in [1.165, 1.54) is 0 Å². The maximum atomic E-state index is 12.3. The zero-order chi connectivity index (χ0) is 18.1. The maximum absolute atomic E-state index is 12.3. The minimum Gasteiger partial charge on any atom is -0.322 e. The van der Waals surface area contributed by atoms with Gasteiger partial charge in [0, 0.05) is 34.9 Å². The largest absolute Gasteiger partial charge is 0.322 e. The number of nitrogens with zero attached hydrogens (tertiary/aromatic N) is 3. The molecule has 0 radical (unpaired) electrons. The van der Waals surface area contributed by atoms with Crippen LogP contribution in [-0.4, -0.2) is 20.3 Å². The average molecular weight is 342 g/mol. The normalized spacial score (nSPS) is 10.8. The molecule has 0 saturated heterocycles. The number of anilines is 1. The van der Waals surface area contributed by atoms with Gasteiger partial charge in [-0.3, -0.25) is 9.20 Å². The summed E-state index contributed by atoms with van der Waals surface area (Å²) in [4.78, 5) is 21.3. The van der Waals surface area contributed by atoms with E-state index in [9.17, 15) is 4.79 Å². The molecule has 2 heterocycles. The van der Waals surface area contributed by atoms with Crippen molar-refractivity contribution in [2.75, 3.05) is 5.32 Å². The van der Waals surface area contributed by atoms with E-state index in [4.69, 9.17) is 0 Å². The van der Waals surface area contributed by atoms with Gasteiger partial charge in [-0.2, -0.15) is 0 Å². The molecule has 0 aliphatic heterocycles. The summed E-state index contributed by atoms with van der Waals surface area (Å²) in [7, 11) is 0. The molecular formula is C21H18N4O. The maximum Gasteiger partial charge on any atom is 0.255 e. The lowest BCUT2D eigenvalue weighted by Gasteiger charge is -2.06. The molecule has 4 rings (SSSR count). The molecule has 0 atom stereocenters. The van der Waals surface area contributed by atoms with Crippen molar-refractivity contribution >= 4 is 17.4 Å². The second-order valence-electron chi connectivity index (χ2n) is 6.30. The first-order valence-electron chi connectivity index (χ1n) is 8.39. The second-order valence-corrected chi connectivity index (χ2v) is 6.30. The fourth-order valence-corrected chi connectivity index (χ4v) is 2.73. The van der Waals surface area contributed by atoms with Crippen molar-refractivity contribution in [2.24, 2.45) is 0 Å². The van der Waals surface area contributed by atoms with Gasteiger partial charge < -0.3 is 5.32 Å². The highest BCUT2D eigenvalue weighted by Gasteiger charge is 2.08. The molecule has 1 N–H and O–H groups in total. The Kier molecular flexibility index (Phi) is 3.97. The van der Waals surface area contributed by atoms with Crippen LogP contribution < -0.4 is 5.32 Å². The van der Waals surface area contributed by atoms with E-state index in [0.717, 1.165) is 28.2 Å². The summed E-state index contributed by atoms with van der Waals surface area (Å²) in [5, 5.41) is 2.91. The summed E-state index contributed by atoms with van der Waals surface area (Å²) in [6.45, 7) is 3.94. The number of fused-ring (bicyclic) bond motifs is 1. The number of carbonyl (C=O) groups is 1. The molecule has 0 fully saturated rings. The van der Waals surface area contributed by atoms with Crippen molar-refractivity contribution in [1.82, 2.24) is 14.4 Å². The molecule has 128 valence electrons. The molecule has 0 bridgehead atoms. The number of aromatic nitrogens is 3. The fraction of sp³-hybridized carbons (Fsp3) is 0.0952. The highest BCUT2D eigenvalue weighted by molar-refractivity contribution is 6.04. The van der Waals surface area contributed by atoms with Gasteiger partial charge in [0.05, 0.1) is 5.69 Å². The van der Waals surface area contributed by atoms with Crippen molar-refractivity contribution in [1.29, 1.82) is 0 Å². The predicted octanol–water partition coefficient (Wildman–Crippen LogP) is 4.27. The van der Waals surface area contributed by atoms with Crippen LogP contribution in [0.3, 0.4) is 0 Å². The van der Waals surface area contributed by atoms with E-state index in [1.807, 2.05) is 85.2 Å². The van der Waals surface area contributed by atoms with E-state index < -0.39 is 0 Å². The van der Waals surface area contributed by atoms with Crippen LogP contribution in [0.25, 0.3) is 17.0 Å². The molecular weight excluding hydrogens is 324 g/mol. The molecule has 5 heteroatoms. The van der Waals surface area contributed by atoms with Crippen molar-refractivity contribution in [3.63, 3.8) is 0 Å². The first kappa shape index (κ1) is 16.0. The molecule has 1 amide bonds. The van der Waals surface area contributed by atoms with Gasteiger partial charge in [-0.25, -0.2) is 9.97 Å². The zero-order valence-electron chi connectivity index (χ0n) is 14.6. The van der Waals surface area contributed by atoms with Crippen LogP contribution in [0.4, 0.5) is 5.69 Å². The number of hydrogen-bond donors (Lipinski definition) is 1. The summed E-state index contributed by atoms with van der Waals surface area (Å²) in [5.74, 6) is 0.557. The first-order chi connectivity index (χ1) is 12.6. The molecule has 0 unspecified atom stereocenters. The number of hydrogen-bond acceptors (Lipinski definition) is 3. The van der Waals surface area contributed by atoms with Crippen LogP contribution in [0.2, 0.25) is 0 Å². The van der Waals surface area contributed by atoms with Gasteiger partial charge >= 0.3 is 0 Å². The molecule has 5 nitrogen and oxygen atoms in total. The highest BCUT2D eigenvalue weighted by Crippen LogP contribution is 2.21. The minimum absolute atomic E-state index is 0.120. The fourth-order valence-electron chi connectivity index (χ4n) is 2.73. The number of benzene rings is 2. The van der Waals surface area contributed by atoms with Crippen LogP contribution in [-0.2, 0) is 0 Å². The van der Waals surface area contributed by atoms with Gasteiger partial charge in [0.25, 0.3) is 5.91 Å². The molecule has 0 saturated carbocycles. The van der Waals surface area contributed by atoms with Crippen LogP contribution in [0.1, 0.15) is 21.6 Å². The molecule has 0 aliphatic rings. The van der Waals surface area contributed by atoms with Crippen molar-refractivity contribution in [3.05, 3.63) is 83.8 Å². The number of imidazole rings is 1. The number of aryl methyl sites for hydroxylation is 2. The molecule has 4 aromatic rings. The second kappa shape index (κ2) is 6.44. The lowest BCUT2D eigenvalue weighted by atomic mass is 10.1. The van der Waals surface area contributed by atoms with Gasteiger partial charge in [-0.15, -0.1) is 0 Å². The predicted molar refractivity (Wildman–Crippen MR) is 102 cm³/mol. The van der Waals surface area contributed by atoms with Crippen molar-refractivity contribution < 1.29 is 4.79 Å². The number of rotatable bonds is 3. The smallest absolute Gasteiger partial charge is 0.255 e. The number of nitrogens with one attached hydrogen (secondary N) is 1. The van der Waals surface area contributed by atoms with E-state index in [0.29, 0.717) is 11.3 Å². The Balaban J connectivity index is 1.54. The minimum atomic E-state index is -0.120. The zero-order valence-corrected chi connectivity index (χ0v) is 14.6. The third kappa shape index (κ3) is 3.19. The van der Waals surface area contributed by atoms with Crippen molar-refractivity contribution in [3.8, 4) is 11.3 Å². The standard InChI is InChI=1S/C21H18N4O/c1-14-3-5-17(6-4-14)20(26)23-18-9-7-16(8-10-18)19-13-25-12-11-15(2)22-21(25)24-19/h3-13H,1-2H3,(H,23,26). The molecule has 2 aromatic carbocycles. The highest BCUT2D eigenvalue weighted by atomic mass is 16.1. The van der Waals surface area contributed by atoms with E-state index in [1.54, 1.807) is 0 Å². The molecule has 0 spiro atoms. The van der Waals surface area contributed by atoms with Crippen molar-refractivity contribution in [2.45, 2.75) is 13.8 Å². The Morgan fingerprint density at radius 1 is 0.923 bits per heavy atom. The lowest BCUT2D eigenvalue weighted by molar-refractivity contribution is 0.102. The van der Waals surface area contributed by atoms with Crippen LogP contribution in [0.15, 0.2) is 67.0 Å². The summed E-state index contributed by atoms with van der Waals surface area (Å²) < 4.78 is 1.90. The summed E-state index contributed by atoms with van der Waals surface area (Å²) >= 11 is 0. The quantitative estimate of drug-likeness (QED) is 0.605. The topological polar surface area (TPSA) is 59.3 Å². The number of amides is 1. The Bertz CT molecular complexity index is 1080. The van der Waals surface area contributed by atoms with Gasteiger partial charge in [0.2, 0.25) is 5.78 Å². The third-order valence-electron chi connectivity index (χ3n) is 4.22. The summed E-state index contributed by atoms with van der Waals surface area (Å²) in [6.07, 6.45) is 3.89. The van der Waals surface area contributed by atoms with E-state index in [-0.39, 0.29) is 5.91 Å². The molecule has 26 heavy (non-hydrogen) atoms. The van der Waals surface area contributed by atoms with Crippen LogP contribution in [0, 0.1) is 13.8 Å². The van der Waals surface area contributed by atoms with Crippen LogP contribution in [0.5, 0.6) is 0 Å². The molecule has 0 aliphatic carbocycles. The third-order valence-corrected chi connectivity index (χ3v) is 4.22. The Morgan fingerprint density at radius 2 is 1.65 bits per heavy atom. The first-order valence-corrected chi connectivity index (χ1v) is 8.39. The average Bonchev–Trinajstić information content (AvgIpc) is 3.06. The molecule has 2 aromatic heterocycles. The summed E-state index contributed by atoms with van der Waals surface area (Å²) in [5.41, 5.74) is 5.27. The van der Waals surface area contributed by atoms with Crippen LogP contribution >= 0.6 is 0 Å². The SMILES string of the molecule is Cc1ccc(C(=O)Nc2ccc(-c3cn4ccc(C)nc4n3)cc2)cc1. The Morgan fingerprint density at radius 3 is 2.38 bits per heavy atom. The number of carbonyl (C=O) groups excluding carboxylic acids is 1. The van der Waals surface area contributed by atoms with Gasteiger partial charge in [-0.1, -0.05) is 29.8 Å². The lowest BCUT2D eigenvalue weighted by Crippen LogP contribution is -2.11.